The summed E-state index contributed by atoms with van der Waals surface area (Å²) in [6.45, 7) is 1.81. The average Bonchev–Trinajstić information content (AvgIpc) is 2.85. The van der Waals surface area contributed by atoms with Crippen LogP contribution in [0.4, 0.5) is 5.69 Å². The predicted molar refractivity (Wildman–Crippen MR) is 85.7 cm³/mol. The van der Waals surface area contributed by atoms with Crippen molar-refractivity contribution in [3.63, 3.8) is 0 Å². The number of ether oxygens (including phenoxy) is 1. The number of rotatable bonds is 3. The molecule has 0 spiro atoms. The van der Waals surface area contributed by atoms with Crippen LogP contribution in [0.2, 0.25) is 0 Å². The first-order valence-corrected chi connectivity index (χ1v) is 7.92. The number of nitrogens with one attached hydrogen (secondary N) is 1. The Bertz CT molecular complexity index is 662. The molecule has 1 fully saturated rings. The number of amides is 1. The second-order valence-corrected chi connectivity index (χ2v) is 6.25. The van der Waals surface area contributed by atoms with E-state index >= 15 is 0 Å². The number of anilines is 1. The average molecular weight is 305 g/mol. The number of carbonyl (C=O) groups is 1. The topological polar surface area (TPSA) is 67.6 Å². The molecule has 1 saturated heterocycles. The van der Waals surface area contributed by atoms with Crippen molar-refractivity contribution in [2.75, 3.05) is 25.9 Å². The Morgan fingerprint density at radius 3 is 2.81 bits per heavy atom. The van der Waals surface area contributed by atoms with E-state index in [1.54, 1.807) is 7.11 Å². The van der Waals surface area contributed by atoms with Gasteiger partial charge in [0.2, 0.25) is 0 Å². The molecule has 3 rings (SSSR count). The first-order chi connectivity index (χ1) is 10.2. The molecule has 2 aromatic rings. The lowest BCUT2D eigenvalue weighted by Crippen LogP contribution is -2.44. The summed E-state index contributed by atoms with van der Waals surface area (Å²) in [6, 6.07) is 5.67. The Balaban J connectivity index is 1.85. The van der Waals surface area contributed by atoms with Crippen molar-refractivity contribution in [2.45, 2.75) is 19.3 Å². The van der Waals surface area contributed by atoms with Crippen molar-refractivity contribution in [3.05, 3.63) is 23.1 Å². The highest BCUT2D eigenvalue weighted by atomic mass is 32.1. The minimum atomic E-state index is -0.116. The maximum absolute atomic E-state index is 12.4. The number of methoxy groups -OCH3 is 1. The summed E-state index contributed by atoms with van der Waals surface area (Å²) < 4.78 is 6.18. The number of benzene rings is 1. The molecule has 0 atom stereocenters. The van der Waals surface area contributed by atoms with Crippen LogP contribution in [-0.4, -0.2) is 31.1 Å². The number of hydrogen-bond acceptors (Lipinski definition) is 5. The summed E-state index contributed by atoms with van der Waals surface area (Å²) in [4.78, 5) is 13.0. The van der Waals surface area contributed by atoms with E-state index in [-0.39, 0.29) is 5.91 Å². The summed E-state index contributed by atoms with van der Waals surface area (Å²) in [6.07, 6.45) is 3.48. The lowest BCUT2D eigenvalue weighted by atomic mass is 10.2. The third-order valence-electron chi connectivity index (χ3n) is 3.76. The van der Waals surface area contributed by atoms with Crippen LogP contribution >= 0.6 is 11.3 Å². The van der Waals surface area contributed by atoms with Crippen LogP contribution < -0.4 is 15.9 Å². The largest absolute Gasteiger partial charge is 0.497 e. The van der Waals surface area contributed by atoms with Crippen molar-refractivity contribution in [1.82, 2.24) is 10.4 Å². The minimum Gasteiger partial charge on any atom is -0.497 e. The Kier molecular flexibility index (Phi) is 3.98. The van der Waals surface area contributed by atoms with E-state index in [2.05, 4.69) is 5.43 Å². The van der Waals surface area contributed by atoms with Gasteiger partial charge in [-0.1, -0.05) is 6.42 Å². The number of nitrogens with zero attached hydrogens (tertiary/aromatic N) is 1. The fourth-order valence-corrected chi connectivity index (χ4v) is 3.63. The van der Waals surface area contributed by atoms with Gasteiger partial charge in [-0.25, -0.2) is 5.01 Å². The third kappa shape index (κ3) is 2.82. The van der Waals surface area contributed by atoms with Crippen molar-refractivity contribution < 1.29 is 9.53 Å². The predicted octanol–water partition coefficient (Wildman–Crippen LogP) is 2.62. The Morgan fingerprint density at radius 2 is 2.10 bits per heavy atom. The van der Waals surface area contributed by atoms with Gasteiger partial charge in [0.15, 0.2) is 0 Å². The molecule has 0 saturated carbocycles. The van der Waals surface area contributed by atoms with Crippen LogP contribution in [0.3, 0.4) is 0 Å². The highest BCUT2D eigenvalue weighted by Crippen LogP contribution is 2.35. The zero-order valence-electron chi connectivity index (χ0n) is 12.0. The van der Waals surface area contributed by atoms with Crippen LogP contribution in [-0.2, 0) is 0 Å². The van der Waals surface area contributed by atoms with Gasteiger partial charge in [-0.05, 0) is 31.0 Å². The van der Waals surface area contributed by atoms with E-state index in [0.717, 1.165) is 41.8 Å². The molecule has 112 valence electrons. The Labute approximate surface area is 127 Å². The second-order valence-electron chi connectivity index (χ2n) is 5.20. The molecule has 1 aliphatic heterocycles. The Morgan fingerprint density at radius 1 is 1.33 bits per heavy atom. The zero-order valence-corrected chi connectivity index (χ0v) is 12.8. The maximum Gasteiger partial charge on any atom is 0.277 e. The van der Waals surface area contributed by atoms with Crippen LogP contribution in [0.15, 0.2) is 18.2 Å². The molecule has 0 unspecified atom stereocenters. The van der Waals surface area contributed by atoms with Crippen molar-refractivity contribution in [3.8, 4) is 5.75 Å². The molecule has 1 amide bonds. The van der Waals surface area contributed by atoms with Crippen molar-refractivity contribution >= 4 is 33.0 Å². The van der Waals surface area contributed by atoms with Crippen molar-refractivity contribution in [1.29, 1.82) is 0 Å². The highest BCUT2D eigenvalue weighted by Gasteiger charge is 2.19. The fraction of sp³-hybridized carbons (Fsp3) is 0.400. The number of thiophene rings is 1. The van der Waals surface area contributed by atoms with Gasteiger partial charge < -0.3 is 10.5 Å². The normalized spacial score (nSPS) is 16.0. The second kappa shape index (κ2) is 5.91. The molecule has 21 heavy (non-hydrogen) atoms. The van der Waals surface area contributed by atoms with Gasteiger partial charge in [-0.15, -0.1) is 11.3 Å². The molecule has 3 N–H and O–H groups in total. The van der Waals surface area contributed by atoms with Crippen LogP contribution in [0.1, 0.15) is 28.9 Å². The summed E-state index contributed by atoms with van der Waals surface area (Å²) in [5.41, 5.74) is 9.63. The molecule has 1 aliphatic rings. The summed E-state index contributed by atoms with van der Waals surface area (Å²) >= 11 is 1.41. The number of nitrogen functional groups attached to an aromatic ring is 1. The van der Waals surface area contributed by atoms with Gasteiger partial charge in [0.25, 0.3) is 5.91 Å². The number of carbonyl (C=O) groups excluding carboxylic acids is 1. The molecule has 6 heteroatoms. The molecule has 5 nitrogen and oxygen atoms in total. The summed E-state index contributed by atoms with van der Waals surface area (Å²) in [5.74, 6) is 0.654. The molecule has 2 heterocycles. The lowest BCUT2D eigenvalue weighted by Gasteiger charge is -2.26. The minimum absolute atomic E-state index is 0.116. The third-order valence-corrected chi connectivity index (χ3v) is 4.92. The van der Waals surface area contributed by atoms with Gasteiger partial charge in [0, 0.05) is 23.2 Å². The van der Waals surface area contributed by atoms with Gasteiger partial charge in [0.1, 0.15) is 10.6 Å². The lowest BCUT2D eigenvalue weighted by molar-refractivity contribution is 0.0755. The number of nitrogens with two attached hydrogens (primary N) is 1. The number of hydrazine groups is 1. The standard InChI is InChI=1S/C15H19N3O2S/c1-20-10-5-6-11-12(9-10)21-14(13(11)16)15(19)17-18-7-3-2-4-8-18/h5-6,9H,2-4,7-8,16H2,1H3,(H,17,19). The first kappa shape index (κ1) is 14.2. The molecule has 0 aliphatic carbocycles. The van der Waals surface area contributed by atoms with E-state index in [9.17, 15) is 4.79 Å². The van der Waals surface area contributed by atoms with E-state index in [1.807, 2.05) is 23.2 Å². The fourth-order valence-electron chi connectivity index (χ4n) is 2.59. The number of hydrogen-bond donors (Lipinski definition) is 2. The maximum atomic E-state index is 12.4. The van der Waals surface area contributed by atoms with E-state index in [1.165, 1.54) is 17.8 Å². The van der Waals surface area contributed by atoms with Crippen LogP contribution in [0.5, 0.6) is 5.75 Å². The van der Waals surface area contributed by atoms with Gasteiger partial charge >= 0.3 is 0 Å². The van der Waals surface area contributed by atoms with Gasteiger partial charge in [-0.3, -0.25) is 10.2 Å². The van der Waals surface area contributed by atoms with Crippen LogP contribution in [0.25, 0.3) is 10.1 Å². The molecular formula is C15H19N3O2S. The summed E-state index contributed by atoms with van der Waals surface area (Å²) in [5, 5.41) is 2.89. The zero-order chi connectivity index (χ0) is 14.8. The van der Waals surface area contributed by atoms with E-state index in [4.69, 9.17) is 10.5 Å². The SMILES string of the molecule is COc1ccc2c(N)c(C(=O)NN3CCCCC3)sc2c1. The molecule has 0 radical (unpaired) electrons. The smallest absolute Gasteiger partial charge is 0.277 e. The van der Waals surface area contributed by atoms with Crippen molar-refractivity contribution in [2.24, 2.45) is 0 Å². The van der Waals surface area contributed by atoms with Gasteiger partial charge in [0.05, 0.1) is 12.8 Å². The van der Waals surface area contributed by atoms with E-state index < -0.39 is 0 Å². The quantitative estimate of drug-likeness (QED) is 0.915. The molecular weight excluding hydrogens is 286 g/mol. The molecule has 0 bridgehead atoms. The van der Waals surface area contributed by atoms with Gasteiger partial charge in [-0.2, -0.15) is 0 Å². The molecule has 1 aromatic carbocycles. The first-order valence-electron chi connectivity index (χ1n) is 7.11. The molecule has 1 aromatic heterocycles. The monoisotopic (exact) mass is 305 g/mol. The van der Waals surface area contributed by atoms with Crippen LogP contribution in [0, 0.1) is 0 Å². The van der Waals surface area contributed by atoms with E-state index in [0.29, 0.717) is 10.6 Å². The number of piperidine rings is 1. The highest BCUT2D eigenvalue weighted by molar-refractivity contribution is 7.21. The Hall–Kier alpha value is -1.79. The summed E-state index contributed by atoms with van der Waals surface area (Å²) in [7, 11) is 1.63. The number of fused-ring (bicyclic) bond motifs is 1.